The lowest BCUT2D eigenvalue weighted by Gasteiger charge is -2.19. The molecule has 0 N–H and O–H groups in total. The summed E-state index contributed by atoms with van der Waals surface area (Å²) in [5, 5.41) is 1.16. The number of hydrogen-bond donors (Lipinski definition) is 0. The molecule has 0 radical (unpaired) electrons. The third-order valence-corrected chi connectivity index (χ3v) is 4.64. The van der Waals surface area contributed by atoms with E-state index in [1.54, 1.807) is 6.20 Å². The van der Waals surface area contributed by atoms with Crippen molar-refractivity contribution in [3.63, 3.8) is 0 Å². The van der Waals surface area contributed by atoms with Crippen molar-refractivity contribution in [1.82, 2.24) is 9.88 Å². The van der Waals surface area contributed by atoms with E-state index in [0.717, 1.165) is 23.4 Å². The minimum atomic E-state index is 0. The Hall–Kier alpha value is -0.710. The van der Waals surface area contributed by atoms with Gasteiger partial charge in [0.05, 0.1) is 6.20 Å². The summed E-state index contributed by atoms with van der Waals surface area (Å²) < 4.78 is 5.91. The number of hydrogen-bond acceptors (Lipinski definition) is 3. The molecular formula is C17H20Cl4N2O. The fraction of sp³-hybridized carbons (Fsp3) is 0.353. The molecule has 0 amide bonds. The van der Waals surface area contributed by atoms with Gasteiger partial charge >= 0.3 is 0 Å². The molecule has 1 atom stereocenters. The second-order valence-corrected chi connectivity index (χ2v) is 6.40. The Labute approximate surface area is 165 Å². The van der Waals surface area contributed by atoms with Crippen LogP contribution in [-0.4, -0.2) is 36.1 Å². The SMILES string of the molecule is CN1CCC[C@H]1COc1cnc(Cl)c(-c2ccc(Cl)cc2)c1.Cl.Cl. The third kappa shape index (κ3) is 5.14. The van der Waals surface area contributed by atoms with Gasteiger partial charge in [0.1, 0.15) is 17.5 Å². The van der Waals surface area contributed by atoms with Crippen LogP contribution in [0, 0.1) is 0 Å². The minimum absolute atomic E-state index is 0. The van der Waals surface area contributed by atoms with E-state index in [0.29, 0.717) is 22.8 Å². The molecule has 0 bridgehead atoms. The van der Waals surface area contributed by atoms with E-state index in [-0.39, 0.29) is 24.8 Å². The van der Waals surface area contributed by atoms with Gasteiger partial charge in [0.25, 0.3) is 0 Å². The Morgan fingerprint density at radius 3 is 2.54 bits per heavy atom. The Balaban J connectivity index is 0.00000144. The van der Waals surface area contributed by atoms with E-state index < -0.39 is 0 Å². The number of likely N-dealkylation sites (N-methyl/N-ethyl adjacent to an activating group) is 1. The Morgan fingerprint density at radius 2 is 1.92 bits per heavy atom. The summed E-state index contributed by atoms with van der Waals surface area (Å²) in [6, 6.07) is 9.96. The summed E-state index contributed by atoms with van der Waals surface area (Å²) in [6.45, 7) is 1.82. The maximum Gasteiger partial charge on any atom is 0.138 e. The fourth-order valence-electron chi connectivity index (χ4n) is 2.72. The normalized spacial score (nSPS) is 17.0. The largest absolute Gasteiger partial charge is 0.490 e. The standard InChI is InChI=1S/C17H18Cl2N2O.2ClH/c1-21-8-2-3-14(21)11-22-15-9-16(17(19)20-10-15)12-4-6-13(18)7-5-12;;/h4-7,9-10,14H,2-3,8,11H2,1H3;2*1H/t14-;;/m0../s1. The topological polar surface area (TPSA) is 25.4 Å². The predicted octanol–water partition coefficient (Wildman–Crippen LogP) is 5.37. The predicted molar refractivity (Wildman–Crippen MR) is 105 cm³/mol. The monoisotopic (exact) mass is 408 g/mol. The molecule has 1 aromatic carbocycles. The van der Waals surface area contributed by atoms with Gasteiger partial charge in [0.15, 0.2) is 0 Å². The summed E-state index contributed by atoms with van der Waals surface area (Å²) in [7, 11) is 2.14. The number of pyridine rings is 1. The number of ether oxygens (including phenoxy) is 1. The van der Waals surface area contributed by atoms with Crippen LogP contribution < -0.4 is 4.74 Å². The highest BCUT2D eigenvalue weighted by Crippen LogP contribution is 2.30. The first kappa shape index (κ1) is 21.3. The number of likely N-dealkylation sites (tertiary alicyclic amines) is 1. The molecular weight excluding hydrogens is 390 g/mol. The van der Waals surface area contributed by atoms with Gasteiger partial charge < -0.3 is 9.64 Å². The van der Waals surface area contributed by atoms with Crippen molar-refractivity contribution in [2.75, 3.05) is 20.2 Å². The molecule has 132 valence electrons. The van der Waals surface area contributed by atoms with E-state index >= 15 is 0 Å². The zero-order valence-electron chi connectivity index (χ0n) is 13.2. The Morgan fingerprint density at radius 1 is 1.21 bits per heavy atom. The van der Waals surface area contributed by atoms with Gasteiger partial charge in [-0.2, -0.15) is 0 Å². The van der Waals surface area contributed by atoms with Gasteiger partial charge in [-0.05, 0) is 50.2 Å². The van der Waals surface area contributed by atoms with Crippen molar-refractivity contribution in [1.29, 1.82) is 0 Å². The second kappa shape index (κ2) is 9.69. The number of aromatic nitrogens is 1. The highest BCUT2D eigenvalue weighted by molar-refractivity contribution is 6.32. The lowest BCUT2D eigenvalue weighted by molar-refractivity contribution is 0.198. The average Bonchev–Trinajstić information content (AvgIpc) is 2.93. The molecule has 2 heterocycles. The van der Waals surface area contributed by atoms with Crippen molar-refractivity contribution >= 4 is 48.0 Å². The molecule has 0 unspecified atom stereocenters. The third-order valence-electron chi connectivity index (χ3n) is 4.08. The molecule has 1 saturated heterocycles. The van der Waals surface area contributed by atoms with Crippen LogP contribution in [0.25, 0.3) is 11.1 Å². The van der Waals surface area contributed by atoms with Gasteiger partial charge in [-0.3, -0.25) is 0 Å². The van der Waals surface area contributed by atoms with E-state index in [9.17, 15) is 0 Å². The number of rotatable bonds is 4. The summed E-state index contributed by atoms with van der Waals surface area (Å²) in [5.74, 6) is 0.745. The number of benzene rings is 1. The molecule has 1 aromatic heterocycles. The van der Waals surface area contributed by atoms with Crippen LogP contribution in [0.5, 0.6) is 5.75 Å². The van der Waals surface area contributed by atoms with Crippen LogP contribution >= 0.6 is 48.0 Å². The second-order valence-electron chi connectivity index (χ2n) is 5.60. The molecule has 1 fully saturated rings. The maximum absolute atomic E-state index is 6.21. The van der Waals surface area contributed by atoms with Crippen LogP contribution in [0.3, 0.4) is 0 Å². The van der Waals surface area contributed by atoms with Crippen LogP contribution in [0.2, 0.25) is 10.2 Å². The highest BCUT2D eigenvalue weighted by atomic mass is 35.5. The molecule has 1 aliphatic rings. The van der Waals surface area contributed by atoms with Crippen LogP contribution in [0.4, 0.5) is 0 Å². The zero-order chi connectivity index (χ0) is 15.5. The molecule has 0 spiro atoms. The lowest BCUT2D eigenvalue weighted by atomic mass is 10.1. The summed E-state index contributed by atoms with van der Waals surface area (Å²) in [6.07, 6.45) is 4.09. The van der Waals surface area contributed by atoms with Gasteiger partial charge in [0, 0.05) is 16.6 Å². The molecule has 3 rings (SSSR count). The fourth-order valence-corrected chi connectivity index (χ4v) is 3.06. The van der Waals surface area contributed by atoms with Crippen LogP contribution in [0.1, 0.15) is 12.8 Å². The highest BCUT2D eigenvalue weighted by Gasteiger charge is 2.21. The van der Waals surface area contributed by atoms with Crippen LogP contribution in [-0.2, 0) is 0 Å². The zero-order valence-corrected chi connectivity index (χ0v) is 16.4. The summed E-state index contributed by atoms with van der Waals surface area (Å²) in [4.78, 5) is 6.57. The van der Waals surface area contributed by atoms with E-state index in [1.165, 1.54) is 12.8 Å². The van der Waals surface area contributed by atoms with Crippen LogP contribution in [0.15, 0.2) is 36.5 Å². The van der Waals surface area contributed by atoms with Crippen molar-refractivity contribution in [2.45, 2.75) is 18.9 Å². The first-order valence-electron chi connectivity index (χ1n) is 7.38. The molecule has 24 heavy (non-hydrogen) atoms. The number of halogens is 4. The molecule has 3 nitrogen and oxygen atoms in total. The summed E-state index contributed by atoms with van der Waals surface area (Å²) in [5.41, 5.74) is 1.83. The van der Waals surface area contributed by atoms with Crippen molar-refractivity contribution in [3.05, 3.63) is 46.7 Å². The van der Waals surface area contributed by atoms with E-state index in [1.807, 2.05) is 30.3 Å². The minimum Gasteiger partial charge on any atom is -0.490 e. The molecule has 7 heteroatoms. The first-order chi connectivity index (χ1) is 10.6. The molecule has 0 aliphatic carbocycles. The Bertz CT molecular complexity index is 652. The molecule has 2 aromatic rings. The number of nitrogens with zero attached hydrogens (tertiary/aromatic N) is 2. The van der Waals surface area contributed by atoms with E-state index in [4.69, 9.17) is 27.9 Å². The maximum atomic E-state index is 6.21. The molecule has 1 aliphatic heterocycles. The van der Waals surface area contributed by atoms with Crippen molar-refractivity contribution in [2.24, 2.45) is 0 Å². The Kier molecular flexibility index (Phi) is 8.61. The van der Waals surface area contributed by atoms with Gasteiger partial charge in [-0.1, -0.05) is 35.3 Å². The first-order valence-corrected chi connectivity index (χ1v) is 8.13. The van der Waals surface area contributed by atoms with Gasteiger partial charge in [0.2, 0.25) is 0 Å². The quantitative estimate of drug-likeness (QED) is 0.634. The molecule has 0 saturated carbocycles. The van der Waals surface area contributed by atoms with E-state index in [2.05, 4.69) is 16.9 Å². The van der Waals surface area contributed by atoms with Crippen molar-refractivity contribution in [3.8, 4) is 16.9 Å². The summed E-state index contributed by atoms with van der Waals surface area (Å²) >= 11 is 12.1. The van der Waals surface area contributed by atoms with Crippen molar-refractivity contribution < 1.29 is 4.74 Å². The average molecular weight is 410 g/mol. The van der Waals surface area contributed by atoms with Gasteiger partial charge in [-0.15, -0.1) is 24.8 Å². The lowest BCUT2D eigenvalue weighted by Crippen LogP contribution is -2.30. The smallest absolute Gasteiger partial charge is 0.138 e. The van der Waals surface area contributed by atoms with Gasteiger partial charge in [-0.25, -0.2) is 4.98 Å².